The number of halogens is 2. The van der Waals surface area contributed by atoms with E-state index in [4.69, 9.17) is 23.2 Å². The van der Waals surface area contributed by atoms with Gasteiger partial charge in [-0.05, 0) is 42.7 Å². The third-order valence-electron chi connectivity index (χ3n) is 3.14. The lowest BCUT2D eigenvalue weighted by Gasteiger charge is -2.16. The first kappa shape index (κ1) is 14.2. The normalized spacial score (nSPS) is 10.5. The van der Waals surface area contributed by atoms with Crippen LogP contribution in [0.4, 0.5) is 5.69 Å². The van der Waals surface area contributed by atoms with Gasteiger partial charge < -0.3 is 5.32 Å². The van der Waals surface area contributed by atoms with Crippen LogP contribution < -0.4 is 5.32 Å². The monoisotopic (exact) mass is 293 g/mol. The second-order valence-electron chi connectivity index (χ2n) is 4.57. The summed E-state index contributed by atoms with van der Waals surface area (Å²) in [6, 6.07) is 12.3. The van der Waals surface area contributed by atoms with Crippen LogP contribution in [0.3, 0.4) is 0 Å². The van der Waals surface area contributed by atoms with Crippen molar-refractivity contribution in [2.45, 2.75) is 13.8 Å². The van der Waals surface area contributed by atoms with E-state index < -0.39 is 0 Å². The van der Waals surface area contributed by atoms with Gasteiger partial charge in [0.2, 0.25) is 0 Å². The highest BCUT2D eigenvalue weighted by molar-refractivity contribution is 6.31. The smallest absolute Gasteiger partial charge is 0.0435 e. The molecule has 0 saturated heterocycles. The number of hydrogen-bond donors (Lipinski definition) is 1. The summed E-state index contributed by atoms with van der Waals surface area (Å²) in [6.07, 6.45) is 0. The molecule has 2 aromatic carbocycles. The molecule has 0 radical (unpaired) electrons. The summed E-state index contributed by atoms with van der Waals surface area (Å²) in [7, 11) is 0. The van der Waals surface area contributed by atoms with Crippen molar-refractivity contribution in [1.82, 2.24) is 0 Å². The van der Waals surface area contributed by atoms with Gasteiger partial charge in [-0.2, -0.15) is 0 Å². The lowest BCUT2D eigenvalue weighted by atomic mass is 9.94. The molecule has 0 saturated carbocycles. The molecule has 1 N–H and O–H groups in total. The number of hydrogen-bond acceptors (Lipinski definition) is 1. The first-order chi connectivity index (χ1) is 9.13. The molecule has 19 heavy (non-hydrogen) atoms. The number of nitrogens with one attached hydrogen (secondary N) is 1. The van der Waals surface area contributed by atoms with E-state index in [1.165, 1.54) is 22.3 Å². The predicted molar refractivity (Wildman–Crippen MR) is 85.6 cm³/mol. The molecule has 0 aliphatic carbocycles. The van der Waals surface area contributed by atoms with Crippen molar-refractivity contribution in [3.05, 3.63) is 52.5 Å². The summed E-state index contributed by atoms with van der Waals surface area (Å²) in [5, 5.41) is 4.07. The summed E-state index contributed by atoms with van der Waals surface area (Å²) in [6.45, 7) is 4.98. The first-order valence-corrected chi connectivity index (χ1v) is 7.20. The molecule has 0 aromatic heterocycles. The van der Waals surface area contributed by atoms with Crippen LogP contribution in [0.25, 0.3) is 11.1 Å². The zero-order valence-corrected chi connectivity index (χ0v) is 12.6. The maximum Gasteiger partial charge on any atom is 0.0435 e. The van der Waals surface area contributed by atoms with E-state index in [0.29, 0.717) is 5.88 Å². The Kier molecular flexibility index (Phi) is 4.73. The van der Waals surface area contributed by atoms with E-state index in [9.17, 15) is 0 Å². The summed E-state index contributed by atoms with van der Waals surface area (Å²) in [5.41, 5.74) is 5.99. The zero-order valence-electron chi connectivity index (χ0n) is 11.1. The van der Waals surface area contributed by atoms with Crippen LogP contribution >= 0.6 is 23.2 Å². The molecule has 0 bridgehead atoms. The molecule has 2 aromatic rings. The standard InChI is InChI=1S/C16H17Cl2N/c1-11-4-3-5-12(2)16(11)14-7-6-13(18)10-15(14)19-9-8-17/h3-7,10,19H,8-9H2,1-2H3. The highest BCUT2D eigenvalue weighted by Gasteiger charge is 2.10. The number of benzene rings is 2. The minimum Gasteiger partial charge on any atom is -0.383 e. The Morgan fingerprint density at radius 2 is 1.74 bits per heavy atom. The molecule has 0 unspecified atom stereocenters. The van der Waals surface area contributed by atoms with Crippen molar-refractivity contribution in [3.8, 4) is 11.1 Å². The van der Waals surface area contributed by atoms with Gasteiger partial charge in [-0.3, -0.25) is 0 Å². The molecular formula is C16H17Cl2N. The van der Waals surface area contributed by atoms with Gasteiger partial charge in [0.05, 0.1) is 0 Å². The Balaban J connectivity index is 2.55. The van der Waals surface area contributed by atoms with Crippen molar-refractivity contribution in [3.63, 3.8) is 0 Å². The van der Waals surface area contributed by atoms with E-state index in [0.717, 1.165) is 17.3 Å². The molecule has 0 aliphatic rings. The molecular weight excluding hydrogens is 277 g/mol. The van der Waals surface area contributed by atoms with Gasteiger partial charge >= 0.3 is 0 Å². The van der Waals surface area contributed by atoms with Crippen LogP contribution in [0, 0.1) is 13.8 Å². The third-order valence-corrected chi connectivity index (χ3v) is 3.57. The Labute approximate surface area is 124 Å². The maximum atomic E-state index is 6.09. The highest BCUT2D eigenvalue weighted by Crippen LogP contribution is 2.34. The Hall–Kier alpha value is -1.18. The van der Waals surface area contributed by atoms with E-state index in [1.807, 2.05) is 12.1 Å². The minimum absolute atomic E-state index is 0.568. The number of rotatable bonds is 4. The highest BCUT2D eigenvalue weighted by atomic mass is 35.5. The average molecular weight is 294 g/mol. The minimum atomic E-state index is 0.568. The van der Waals surface area contributed by atoms with Crippen molar-refractivity contribution in [2.75, 3.05) is 17.7 Å². The van der Waals surface area contributed by atoms with Crippen LogP contribution in [0.2, 0.25) is 5.02 Å². The molecule has 0 atom stereocenters. The van der Waals surface area contributed by atoms with Crippen LogP contribution in [-0.4, -0.2) is 12.4 Å². The van der Waals surface area contributed by atoms with Gasteiger partial charge in [-0.25, -0.2) is 0 Å². The van der Waals surface area contributed by atoms with Gasteiger partial charge in [-0.15, -0.1) is 11.6 Å². The molecule has 2 rings (SSSR count). The quantitative estimate of drug-likeness (QED) is 0.757. The van der Waals surface area contributed by atoms with Crippen LogP contribution in [0.5, 0.6) is 0 Å². The van der Waals surface area contributed by atoms with Gasteiger partial charge in [0, 0.05) is 28.7 Å². The maximum absolute atomic E-state index is 6.09. The van der Waals surface area contributed by atoms with E-state index in [-0.39, 0.29) is 0 Å². The lowest BCUT2D eigenvalue weighted by Crippen LogP contribution is -2.04. The van der Waals surface area contributed by atoms with E-state index in [2.05, 4.69) is 43.4 Å². The SMILES string of the molecule is Cc1cccc(C)c1-c1ccc(Cl)cc1NCCCl. The second kappa shape index (κ2) is 6.31. The fraction of sp³-hybridized carbons (Fsp3) is 0.250. The number of anilines is 1. The summed E-state index contributed by atoms with van der Waals surface area (Å²) < 4.78 is 0. The fourth-order valence-corrected chi connectivity index (χ4v) is 2.57. The molecule has 1 nitrogen and oxygen atoms in total. The average Bonchev–Trinajstić information content (AvgIpc) is 2.38. The molecule has 0 spiro atoms. The first-order valence-electron chi connectivity index (χ1n) is 6.29. The third kappa shape index (κ3) is 3.23. The van der Waals surface area contributed by atoms with Crippen molar-refractivity contribution >= 4 is 28.9 Å². The van der Waals surface area contributed by atoms with E-state index in [1.54, 1.807) is 0 Å². The molecule has 0 fully saturated rings. The number of alkyl halides is 1. The van der Waals surface area contributed by atoms with Crippen LogP contribution in [0.1, 0.15) is 11.1 Å². The van der Waals surface area contributed by atoms with Gasteiger partial charge in [-0.1, -0.05) is 35.9 Å². The van der Waals surface area contributed by atoms with Gasteiger partial charge in [0.1, 0.15) is 0 Å². The van der Waals surface area contributed by atoms with Gasteiger partial charge in [0.15, 0.2) is 0 Å². The van der Waals surface area contributed by atoms with Crippen molar-refractivity contribution in [1.29, 1.82) is 0 Å². The number of aryl methyl sites for hydroxylation is 2. The van der Waals surface area contributed by atoms with Gasteiger partial charge in [0.25, 0.3) is 0 Å². The van der Waals surface area contributed by atoms with Crippen LogP contribution in [-0.2, 0) is 0 Å². The molecule has 0 aliphatic heterocycles. The zero-order chi connectivity index (χ0) is 13.8. The molecule has 0 amide bonds. The topological polar surface area (TPSA) is 12.0 Å². The lowest BCUT2D eigenvalue weighted by molar-refractivity contribution is 1.22. The Bertz CT molecular complexity index is 559. The Morgan fingerprint density at radius 3 is 2.37 bits per heavy atom. The molecule has 100 valence electrons. The molecule has 0 heterocycles. The largest absolute Gasteiger partial charge is 0.383 e. The second-order valence-corrected chi connectivity index (χ2v) is 5.39. The van der Waals surface area contributed by atoms with E-state index >= 15 is 0 Å². The van der Waals surface area contributed by atoms with Crippen LogP contribution in [0.15, 0.2) is 36.4 Å². The summed E-state index contributed by atoms with van der Waals surface area (Å²) >= 11 is 11.8. The summed E-state index contributed by atoms with van der Waals surface area (Å²) in [4.78, 5) is 0. The fourth-order valence-electron chi connectivity index (χ4n) is 2.30. The Morgan fingerprint density at radius 1 is 1.05 bits per heavy atom. The van der Waals surface area contributed by atoms with Crippen molar-refractivity contribution < 1.29 is 0 Å². The predicted octanol–water partition coefficient (Wildman–Crippen LogP) is 5.27. The summed E-state index contributed by atoms with van der Waals surface area (Å²) in [5.74, 6) is 0.568. The molecule has 3 heteroatoms. The van der Waals surface area contributed by atoms with Crippen molar-refractivity contribution in [2.24, 2.45) is 0 Å².